The minimum Gasteiger partial charge on any atom is -0.330 e. The molecule has 0 aliphatic heterocycles. The number of aryl methyl sites for hydroxylation is 1. The summed E-state index contributed by atoms with van der Waals surface area (Å²) in [6.45, 7) is 4.54. The molecule has 0 aromatic carbocycles. The van der Waals surface area contributed by atoms with Crippen molar-refractivity contribution in [1.82, 2.24) is 9.97 Å². The molecule has 5 heteroatoms. The smallest absolute Gasteiger partial charge is 0.133 e. The van der Waals surface area contributed by atoms with E-state index in [1.54, 1.807) is 0 Å². The van der Waals surface area contributed by atoms with Crippen molar-refractivity contribution < 1.29 is 0 Å². The molecule has 0 amide bonds. The number of rotatable bonds is 3. The topological polar surface area (TPSA) is 51.8 Å². The van der Waals surface area contributed by atoms with Gasteiger partial charge < -0.3 is 5.73 Å². The average molecular weight is 268 g/mol. The molecule has 2 heterocycles. The zero-order chi connectivity index (χ0) is 12.4. The van der Waals surface area contributed by atoms with Crippen molar-refractivity contribution >= 4 is 22.9 Å². The fraction of sp³-hybridized carbons (Fsp3) is 0.333. The predicted molar refractivity (Wildman–Crippen MR) is 72.6 cm³/mol. The van der Waals surface area contributed by atoms with E-state index in [4.69, 9.17) is 17.3 Å². The highest BCUT2D eigenvalue weighted by Crippen LogP contribution is 2.30. The van der Waals surface area contributed by atoms with Gasteiger partial charge in [-0.3, -0.25) is 0 Å². The molecular weight excluding hydrogens is 254 g/mol. The minimum absolute atomic E-state index is 0.170. The van der Waals surface area contributed by atoms with Crippen LogP contribution in [0.4, 0.5) is 0 Å². The number of hydrogen-bond acceptors (Lipinski definition) is 4. The van der Waals surface area contributed by atoms with E-state index < -0.39 is 0 Å². The normalized spacial score (nSPS) is 12.7. The van der Waals surface area contributed by atoms with E-state index in [9.17, 15) is 0 Å². The lowest BCUT2D eigenvalue weighted by molar-refractivity contribution is 0.708. The fourth-order valence-corrected chi connectivity index (χ4v) is 2.50. The third-order valence-electron chi connectivity index (χ3n) is 2.49. The van der Waals surface area contributed by atoms with Gasteiger partial charge in [0.15, 0.2) is 0 Å². The van der Waals surface area contributed by atoms with Gasteiger partial charge in [-0.25, -0.2) is 9.97 Å². The number of thiophene rings is 1. The third kappa shape index (κ3) is 2.83. The molecule has 1 unspecified atom stereocenters. The van der Waals surface area contributed by atoms with Gasteiger partial charge in [0.05, 0.1) is 14.9 Å². The van der Waals surface area contributed by atoms with Gasteiger partial charge in [0.25, 0.3) is 0 Å². The Balaban J connectivity index is 2.44. The lowest BCUT2D eigenvalue weighted by atomic mass is 10.1. The van der Waals surface area contributed by atoms with E-state index in [-0.39, 0.29) is 5.92 Å². The SMILES string of the molecule is Cc1cc(-c2ccc(Cl)s2)nc(C(C)CN)n1. The van der Waals surface area contributed by atoms with Gasteiger partial charge in [-0.1, -0.05) is 18.5 Å². The summed E-state index contributed by atoms with van der Waals surface area (Å²) < 4.78 is 0.768. The summed E-state index contributed by atoms with van der Waals surface area (Å²) in [5.41, 5.74) is 7.52. The van der Waals surface area contributed by atoms with E-state index >= 15 is 0 Å². The molecule has 0 saturated heterocycles. The molecule has 2 aromatic rings. The quantitative estimate of drug-likeness (QED) is 0.929. The van der Waals surface area contributed by atoms with Gasteiger partial charge >= 0.3 is 0 Å². The molecule has 0 radical (unpaired) electrons. The maximum absolute atomic E-state index is 5.93. The standard InChI is InChI=1S/C12H14ClN3S/c1-7(6-14)12-15-8(2)5-9(16-12)10-3-4-11(13)17-10/h3-5,7H,6,14H2,1-2H3. The zero-order valence-electron chi connectivity index (χ0n) is 9.77. The monoisotopic (exact) mass is 267 g/mol. The summed E-state index contributed by atoms with van der Waals surface area (Å²) in [4.78, 5) is 10.0. The second kappa shape index (κ2) is 5.12. The van der Waals surface area contributed by atoms with Crippen molar-refractivity contribution in [2.24, 2.45) is 5.73 Å². The van der Waals surface area contributed by atoms with Crippen LogP contribution in [-0.4, -0.2) is 16.5 Å². The first-order valence-electron chi connectivity index (χ1n) is 5.41. The van der Waals surface area contributed by atoms with E-state index in [0.717, 1.165) is 26.4 Å². The van der Waals surface area contributed by atoms with E-state index in [1.807, 2.05) is 32.0 Å². The molecule has 0 aliphatic carbocycles. The Kier molecular flexibility index (Phi) is 3.76. The van der Waals surface area contributed by atoms with Crippen LogP contribution in [0.3, 0.4) is 0 Å². The molecule has 2 rings (SSSR count). The highest BCUT2D eigenvalue weighted by atomic mass is 35.5. The largest absolute Gasteiger partial charge is 0.330 e. The second-order valence-electron chi connectivity index (χ2n) is 3.99. The van der Waals surface area contributed by atoms with Crippen LogP contribution in [0.5, 0.6) is 0 Å². The van der Waals surface area contributed by atoms with Crippen molar-refractivity contribution in [3.63, 3.8) is 0 Å². The molecule has 90 valence electrons. The van der Waals surface area contributed by atoms with Crippen LogP contribution in [-0.2, 0) is 0 Å². The molecule has 3 nitrogen and oxygen atoms in total. The average Bonchev–Trinajstić information content (AvgIpc) is 2.74. The number of halogens is 1. The van der Waals surface area contributed by atoms with E-state index in [2.05, 4.69) is 9.97 Å². The van der Waals surface area contributed by atoms with Gasteiger partial charge in [-0.05, 0) is 25.1 Å². The molecule has 0 fully saturated rings. The Morgan fingerprint density at radius 3 is 2.76 bits per heavy atom. The van der Waals surface area contributed by atoms with Crippen molar-refractivity contribution in [1.29, 1.82) is 0 Å². The van der Waals surface area contributed by atoms with Crippen LogP contribution in [0, 0.1) is 6.92 Å². The summed E-state index contributed by atoms with van der Waals surface area (Å²) in [7, 11) is 0. The van der Waals surface area contributed by atoms with Gasteiger partial charge in [0.1, 0.15) is 5.82 Å². The number of hydrogen-bond donors (Lipinski definition) is 1. The fourth-order valence-electron chi connectivity index (χ4n) is 1.50. The first-order valence-corrected chi connectivity index (χ1v) is 6.61. The lowest BCUT2D eigenvalue weighted by Gasteiger charge is -2.09. The number of nitrogens with two attached hydrogens (primary N) is 1. The lowest BCUT2D eigenvalue weighted by Crippen LogP contribution is -2.13. The highest BCUT2D eigenvalue weighted by molar-refractivity contribution is 7.19. The Hall–Kier alpha value is -0.970. The van der Waals surface area contributed by atoms with Crippen LogP contribution >= 0.6 is 22.9 Å². The Bertz CT molecular complexity index is 524. The van der Waals surface area contributed by atoms with Crippen LogP contribution in [0.15, 0.2) is 18.2 Å². The van der Waals surface area contributed by atoms with E-state index in [1.165, 1.54) is 11.3 Å². The second-order valence-corrected chi connectivity index (χ2v) is 5.71. The summed E-state index contributed by atoms with van der Waals surface area (Å²) in [6, 6.07) is 5.82. The van der Waals surface area contributed by atoms with Gasteiger partial charge in [-0.2, -0.15) is 0 Å². The van der Waals surface area contributed by atoms with E-state index in [0.29, 0.717) is 6.54 Å². The predicted octanol–water partition coefficient (Wildman–Crippen LogP) is 3.23. The van der Waals surface area contributed by atoms with Crippen molar-refractivity contribution in [3.05, 3.63) is 34.1 Å². The van der Waals surface area contributed by atoms with Gasteiger partial charge in [-0.15, -0.1) is 11.3 Å². The van der Waals surface area contributed by atoms with Crippen molar-refractivity contribution in [2.45, 2.75) is 19.8 Å². The Morgan fingerprint density at radius 2 is 2.18 bits per heavy atom. The minimum atomic E-state index is 0.170. The first-order chi connectivity index (χ1) is 8.10. The molecular formula is C12H14ClN3S. The molecule has 17 heavy (non-hydrogen) atoms. The molecule has 0 bridgehead atoms. The zero-order valence-corrected chi connectivity index (χ0v) is 11.3. The molecule has 0 aliphatic rings. The first kappa shape index (κ1) is 12.5. The molecule has 1 atom stereocenters. The number of nitrogens with zero attached hydrogens (tertiary/aromatic N) is 2. The Morgan fingerprint density at radius 1 is 1.41 bits per heavy atom. The van der Waals surface area contributed by atoms with Crippen LogP contribution in [0.25, 0.3) is 10.6 Å². The summed E-state index contributed by atoms with van der Waals surface area (Å²) in [6.07, 6.45) is 0. The van der Waals surface area contributed by atoms with Crippen LogP contribution in [0.2, 0.25) is 4.34 Å². The number of aromatic nitrogens is 2. The molecule has 2 aromatic heterocycles. The van der Waals surface area contributed by atoms with Gasteiger partial charge in [0, 0.05) is 18.2 Å². The summed E-state index contributed by atoms with van der Waals surface area (Å²) in [5.74, 6) is 0.969. The van der Waals surface area contributed by atoms with Gasteiger partial charge in [0.2, 0.25) is 0 Å². The molecule has 0 saturated carbocycles. The van der Waals surface area contributed by atoms with Crippen LogP contribution in [0.1, 0.15) is 24.4 Å². The summed E-state index contributed by atoms with van der Waals surface area (Å²) in [5, 5.41) is 0. The van der Waals surface area contributed by atoms with Crippen molar-refractivity contribution in [2.75, 3.05) is 6.54 Å². The Labute approximate surface area is 110 Å². The maximum Gasteiger partial charge on any atom is 0.133 e. The molecule has 0 spiro atoms. The summed E-state index contributed by atoms with van der Waals surface area (Å²) >= 11 is 7.46. The molecule has 2 N–H and O–H groups in total. The highest BCUT2D eigenvalue weighted by Gasteiger charge is 2.11. The maximum atomic E-state index is 5.93. The third-order valence-corrected chi connectivity index (χ3v) is 3.75. The van der Waals surface area contributed by atoms with Crippen molar-refractivity contribution in [3.8, 4) is 10.6 Å². The van der Waals surface area contributed by atoms with Crippen LogP contribution < -0.4 is 5.73 Å².